The molecule has 2 N–H and O–H groups in total. The third kappa shape index (κ3) is 2.58. The van der Waals surface area contributed by atoms with Crippen LogP contribution < -0.4 is 20.9 Å². The summed E-state index contributed by atoms with van der Waals surface area (Å²) in [5, 5.41) is 9.98. The van der Waals surface area contributed by atoms with Gasteiger partial charge in [-0.05, 0) is 19.9 Å². The molecular weight excluding hydrogens is 400 g/mol. The van der Waals surface area contributed by atoms with Crippen molar-refractivity contribution in [3.63, 3.8) is 0 Å². The molecule has 9 heteroatoms. The first-order valence-electron chi connectivity index (χ1n) is 9.65. The predicted molar refractivity (Wildman–Crippen MR) is 110 cm³/mol. The Morgan fingerprint density at radius 2 is 2.03 bits per heavy atom. The van der Waals surface area contributed by atoms with Crippen molar-refractivity contribution < 1.29 is 19.1 Å². The zero-order valence-electron chi connectivity index (χ0n) is 17.3. The number of aromatic nitrogens is 1. The lowest BCUT2D eigenvalue weighted by atomic mass is 9.69. The number of esters is 1. The fourth-order valence-electron chi connectivity index (χ4n) is 4.26. The summed E-state index contributed by atoms with van der Waals surface area (Å²) < 4.78 is 12.0. The summed E-state index contributed by atoms with van der Waals surface area (Å²) >= 11 is 0. The SMILES string of the molecule is CCOC(=O)CN1C(=O)C2(C(C#N)=C(N)Oc3cc(C)n(C)c(=O)c32)c2ccccc21. The Morgan fingerprint density at radius 3 is 2.71 bits per heavy atom. The molecule has 0 radical (unpaired) electrons. The Morgan fingerprint density at radius 1 is 1.32 bits per heavy atom. The van der Waals surface area contributed by atoms with Gasteiger partial charge in [-0.25, -0.2) is 0 Å². The fourth-order valence-corrected chi connectivity index (χ4v) is 4.26. The maximum Gasteiger partial charge on any atom is 0.326 e. The summed E-state index contributed by atoms with van der Waals surface area (Å²) in [6, 6.07) is 10.3. The molecule has 4 rings (SSSR count). The Kier molecular flexibility index (Phi) is 4.58. The van der Waals surface area contributed by atoms with Gasteiger partial charge in [0.05, 0.1) is 12.2 Å². The zero-order valence-corrected chi connectivity index (χ0v) is 17.3. The molecule has 0 saturated carbocycles. The lowest BCUT2D eigenvalue weighted by molar-refractivity contribution is -0.142. The van der Waals surface area contributed by atoms with E-state index in [1.807, 2.05) is 6.07 Å². The highest BCUT2D eigenvalue weighted by atomic mass is 16.5. The van der Waals surface area contributed by atoms with Crippen molar-refractivity contribution in [2.24, 2.45) is 12.8 Å². The predicted octanol–water partition coefficient (Wildman–Crippen LogP) is 0.976. The number of nitriles is 1. The molecule has 1 atom stereocenters. The van der Waals surface area contributed by atoms with Crippen LogP contribution in [0.4, 0.5) is 5.69 Å². The summed E-state index contributed by atoms with van der Waals surface area (Å²) in [6.07, 6.45) is 0. The summed E-state index contributed by atoms with van der Waals surface area (Å²) in [4.78, 5) is 40.8. The summed E-state index contributed by atoms with van der Waals surface area (Å²) in [5.41, 5.74) is 4.94. The minimum absolute atomic E-state index is 0.00448. The van der Waals surface area contributed by atoms with Crippen molar-refractivity contribution >= 4 is 17.6 Å². The summed E-state index contributed by atoms with van der Waals surface area (Å²) in [5.74, 6) is -1.39. The second-order valence-electron chi connectivity index (χ2n) is 7.31. The van der Waals surface area contributed by atoms with Gasteiger partial charge in [0.1, 0.15) is 23.9 Å². The van der Waals surface area contributed by atoms with Crippen molar-refractivity contribution in [1.29, 1.82) is 5.26 Å². The van der Waals surface area contributed by atoms with E-state index in [-0.39, 0.29) is 35.9 Å². The van der Waals surface area contributed by atoms with Crippen LogP contribution in [-0.2, 0) is 26.8 Å². The Balaban J connectivity index is 2.09. The number of hydrogen-bond acceptors (Lipinski definition) is 7. The van der Waals surface area contributed by atoms with Gasteiger partial charge in [0.15, 0.2) is 5.41 Å². The van der Waals surface area contributed by atoms with E-state index < -0.39 is 22.9 Å². The van der Waals surface area contributed by atoms with Gasteiger partial charge in [-0.15, -0.1) is 0 Å². The minimum atomic E-state index is -1.82. The number of rotatable bonds is 3. The number of amides is 1. The molecule has 31 heavy (non-hydrogen) atoms. The Labute approximate surface area is 177 Å². The van der Waals surface area contributed by atoms with Crippen LogP contribution in [0.15, 0.2) is 46.6 Å². The van der Waals surface area contributed by atoms with Gasteiger partial charge >= 0.3 is 5.97 Å². The standard InChI is InChI=1S/C22H20N4O5/c1-4-30-17(27)11-26-15-8-6-5-7-13(15)22(21(26)29)14(10-23)19(24)31-16-9-12(2)25(3)20(28)18(16)22/h5-9H,4,11,24H2,1-3H3. The number of carbonyl (C=O) groups excluding carboxylic acids is 2. The first-order chi connectivity index (χ1) is 14.8. The van der Waals surface area contributed by atoms with Gasteiger partial charge in [0, 0.05) is 30.1 Å². The van der Waals surface area contributed by atoms with E-state index in [9.17, 15) is 19.6 Å². The van der Waals surface area contributed by atoms with E-state index in [4.69, 9.17) is 15.2 Å². The molecule has 1 aromatic carbocycles. The highest BCUT2D eigenvalue weighted by Crippen LogP contribution is 2.54. The molecule has 1 unspecified atom stereocenters. The largest absolute Gasteiger partial charge is 0.465 e. The van der Waals surface area contributed by atoms with Crippen LogP contribution in [0.2, 0.25) is 0 Å². The number of ether oxygens (including phenoxy) is 2. The van der Waals surface area contributed by atoms with Gasteiger partial charge in [-0.3, -0.25) is 19.3 Å². The van der Waals surface area contributed by atoms with Crippen molar-refractivity contribution in [3.8, 4) is 11.8 Å². The van der Waals surface area contributed by atoms with Gasteiger partial charge in [-0.2, -0.15) is 5.26 Å². The molecule has 2 aliphatic rings. The fraction of sp³-hybridized carbons (Fsp3) is 0.273. The number of anilines is 1. The maximum atomic E-state index is 14.0. The van der Waals surface area contributed by atoms with E-state index >= 15 is 0 Å². The number of hydrogen-bond donors (Lipinski definition) is 1. The number of pyridine rings is 1. The number of fused-ring (bicyclic) bond motifs is 4. The van der Waals surface area contributed by atoms with E-state index in [1.165, 1.54) is 9.47 Å². The van der Waals surface area contributed by atoms with Gasteiger partial charge < -0.3 is 19.8 Å². The average Bonchev–Trinajstić information content (AvgIpc) is 2.96. The number of para-hydroxylation sites is 1. The van der Waals surface area contributed by atoms with Gasteiger partial charge in [0.25, 0.3) is 5.56 Å². The third-order valence-corrected chi connectivity index (χ3v) is 5.72. The molecule has 0 aliphatic carbocycles. The minimum Gasteiger partial charge on any atom is -0.465 e. The molecule has 3 heterocycles. The van der Waals surface area contributed by atoms with Crippen LogP contribution in [0.5, 0.6) is 5.75 Å². The number of carbonyl (C=O) groups is 2. The highest BCUT2D eigenvalue weighted by molar-refractivity contribution is 6.15. The summed E-state index contributed by atoms with van der Waals surface area (Å²) in [6.45, 7) is 3.17. The third-order valence-electron chi connectivity index (χ3n) is 5.72. The Hall–Kier alpha value is -4.06. The molecule has 2 aliphatic heterocycles. The van der Waals surface area contributed by atoms with Crippen LogP contribution in [0.3, 0.4) is 0 Å². The average molecular weight is 420 g/mol. The van der Waals surface area contributed by atoms with E-state index in [0.29, 0.717) is 16.9 Å². The molecule has 0 bridgehead atoms. The van der Waals surface area contributed by atoms with E-state index in [2.05, 4.69) is 0 Å². The molecule has 0 saturated heterocycles. The van der Waals surface area contributed by atoms with Crippen molar-refractivity contribution in [3.05, 3.63) is 69.0 Å². The van der Waals surface area contributed by atoms with Gasteiger partial charge in [-0.1, -0.05) is 18.2 Å². The molecule has 1 aromatic heterocycles. The lowest BCUT2D eigenvalue weighted by Gasteiger charge is -2.34. The van der Waals surface area contributed by atoms with Crippen LogP contribution >= 0.6 is 0 Å². The first-order valence-corrected chi connectivity index (χ1v) is 9.65. The van der Waals surface area contributed by atoms with Gasteiger partial charge in [0.2, 0.25) is 11.8 Å². The van der Waals surface area contributed by atoms with Crippen LogP contribution in [-0.4, -0.2) is 29.6 Å². The Bertz CT molecular complexity index is 1270. The normalized spacial score (nSPS) is 19.0. The van der Waals surface area contributed by atoms with Crippen molar-refractivity contribution in [2.75, 3.05) is 18.1 Å². The molecule has 0 fully saturated rings. The van der Waals surface area contributed by atoms with Crippen molar-refractivity contribution in [2.45, 2.75) is 19.3 Å². The number of aryl methyl sites for hydroxylation is 1. The quantitative estimate of drug-likeness (QED) is 0.733. The second-order valence-corrected chi connectivity index (χ2v) is 7.31. The number of nitrogens with zero attached hydrogens (tertiary/aromatic N) is 3. The number of benzene rings is 1. The molecular formula is C22H20N4O5. The topological polar surface area (TPSA) is 128 Å². The maximum absolute atomic E-state index is 14.0. The summed E-state index contributed by atoms with van der Waals surface area (Å²) in [7, 11) is 1.57. The van der Waals surface area contributed by atoms with E-state index in [0.717, 1.165) is 0 Å². The van der Waals surface area contributed by atoms with E-state index in [1.54, 1.807) is 51.2 Å². The molecule has 2 aromatic rings. The van der Waals surface area contributed by atoms with Crippen LogP contribution in [0.1, 0.15) is 23.7 Å². The number of nitrogens with two attached hydrogens (primary N) is 1. The lowest BCUT2D eigenvalue weighted by Crippen LogP contribution is -2.50. The van der Waals surface area contributed by atoms with Crippen LogP contribution in [0.25, 0.3) is 0 Å². The highest BCUT2D eigenvalue weighted by Gasteiger charge is 2.60. The monoisotopic (exact) mass is 420 g/mol. The molecule has 1 amide bonds. The molecule has 1 spiro atoms. The molecule has 158 valence electrons. The zero-order chi connectivity index (χ0) is 22.5. The second kappa shape index (κ2) is 7.02. The van der Waals surface area contributed by atoms with Crippen molar-refractivity contribution in [1.82, 2.24) is 4.57 Å². The molecule has 9 nitrogen and oxygen atoms in total. The first kappa shape index (κ1) is 20.2. The smallest absolute Gasteiger partial charge is 0.326 e. The van der Waals surface area contributed by atoms with Crippen LogP contribution in [0, 0.1) is 18.3 Å².